The molecule has 1 aromatic rings. The molecule has 0 atom stereocenters. The zero-order chi connectivity index (χ0) is 8.97. The summed E-state index contributed by atoms with van der Waals surface area (Å²) in [5.41, 5.74) is 0.549. The van der Waals surface area contributed by atoms with Crippen molar-refractivity contribution in [2.24, 2.45) is 0 Å². The Kier molecular flexibility index (Phi) is 3.22. The molecule has 0 aliphatic carbocycles. The highest BCUT2D eigenvalue weighted by atomic mass is 79.9. The molecule has 0 saturated carbocycles. The lowest BCUT2D eigenvalue weighted by Gasteiger charge is -2.02. The summed E-state index contributed by atoms with van der Waals surface area (Å²) in [6.07, 6.45) is 2.31. The highest BCUT2D eigenvalue weighted by molar-refractivity contribution is 9.10. The SMILES string of the molecule is CCOc1cc(C=O)c(Br)cn1. The van der Waals surface area contributed by atoms with Gasteiger partial charge < -0.3 is 4.74 Å². The van der Waals surface area contributed by atoms with Gasteiger partial charge in [-0.25, -0.2) is 4.98 Å². The fraction of sp³-hybridized carbons (Fsp3) is 0.250. The van der Waals surface area contributed by atoms with Gasteiger partial charge >= 0.3 is 0 Å². The Bertz CT molecular complexity index is 288. The van der Waals surface area contributed by atoms with Gasteiger partial charge in [0.2, 0.25) is 5.88 Å². The van der Waals surface area contributed by atoms with E-state index in [0.717, 1.165) is 6.29 Å². The molecule has 1 rings (SSSR count). The first-order chi connectivity index (χ1) is 5.77. The molecule has 0 aliphatic heterocycles. The summed E-state index contributed by atoms with van der Waals surface area (Å²) < 4.78 is 5.79. The number of pyridine rings is 1. The van der Waals surface area contributed by atoms with Gasteiger partial charge in [0.05, 0.1) is 6.61 Å². The van der Waals surface area contributed by atoms with Crippen molar-refractivity contribution in [1.82, 2.24) is 4.98 Å². The standard InChI is InChI=1S/C8H8BrNO2/c1-2-12-8-3-6(5-11)7(9)4-10-8/h3-5H,2H2,1H3. The third-order valence-electron chi connectivity index (χ3n) is 1.28. The minimum atomic E-state index is 0.475. The van der Waals surface area contributed by atoms with E-state index < -0.39 is 0 Å². The van der Waals surface area contributed by atoms with Crippen LogP contribution in [0.5, 0.6) is 5.88 Å². The number of nitrogens with zero attached hydrogens (tertiary/aromatic N) is 1. The average molecular weight is 230 g/mol. The van der Waals surface area contributed by atoms with Crippen LogP contribution in [-0.2, 0) is 0 Å². The van der Waals surface area contributed by atoms with Gasteiger partial charge in [-0.2, -0.15) is 0 Å². The van der Waals surface area contributed by atoms with Crippen LogP contribution in [0.1, 0.15) is 17.3 Å². The summed E-state index contributed by atoms with van der Waals surface area (Å²) in [4.78, 5) is 14.4. The van der Waals surface area contributed by atoms with Crippen LogP contribution in [-0.4, -0.2) is 17.9 Å². The second-order valence-electron chi connectivity index (χ2n) is 2.09. The molecule has 64 valence electrons. The number of carbonyl (C=O) groups excluding carboxylic acids is 1. The maximum Gasteiger partial charge on any atom is 0.213 e. The summed E-state index contributed by atoms with van der Waals surface area (Å²) in [6, 6.07) is 1.60. The Hall–Kier alpha value is -0.900. The van der Waals surface area contributed by atoms with Crippen molar-refractivity contribution in [2.45, 2.75) is 6.92 Å². The minimum absolute atomic E-state index is 0.475. The molecule has 0 amide bonds. The molecule has 0 aromatic carbocycles. The molecule has 0 saturated heterocycles. The van der Waals surface area contributed by atoms with Gasteiger partial charge in [0.1, 0.15) is 0 Å². The van der Waals surface area contributed by atoms with Gasteiger partial charge in [0, 0.05) is 22.3 Å². The van der Waals surface area contributed by atoms with Crippen LogP contribution in [0.25, 0.3) is 0 Å². The normalized spacial score (nSPS) is 9.50. The van der Waals surface area contributed by atoms with E-state index >= 15 is 0 Å². The third-order valence-corrected chi connectivity index (χ3v) is 1.94. The van der Waals surface area contributed by atoms with Crippen molar-refractivity contribution >= 4 is 22.2 Å². The van der Waals surface area contributed by atoms with E-state index in [0.29, 0.717) is 22.5 Å². The Morgan fingerprint density at radius 2 is 2.50 bits per heavy atom. The maximum atomic E-state index is 10.5. The maximum absolute atomic E-state index is 10.5. The summed E-state index contributed by atoms with van der Waals surface area (Å²) in [7, 11) is 0. The van der Waals surface area contributed by atoms with E-state index in [9.17, 15) is 4.79 Å². The van der Waals surface area contributed by atoms with Crippen LogP contribution in [0.3, 0.4) is 0 Å². The molecule has 0 radical (unpaired) electrons. The Morgan fingerprint density at radius 1 is 1.75 bits per heavy atom. The van der Waals surface area contributed by atoms with Crippen LogP contribution < -0.4 is 4.74 Å². The van der Waals surface area contributed by atoms with Crippen LogP contribution >= 0.6 is 15.9 Å². The summed E-state index contributed by atoms with van der Waals surface area (Å²) in [5.74, 6) is 0.475. The number of hydrogen-bond acceptors (Lipinski definition) is 3. The van der Waals surface area contributed by atoms with E-state index in [1.54, 1.807) is 12.3 Å². The highest BCUT2D eigenvalue weighted by Gasteiger charge is 2.01. The fourth-order valence-corrected chi connectivity index (χ4v) is 1.06. The van der Waals surface area contributed by atoms with Crippen molar-refractivity contribution in [3.8, 4) is 5.88 Å². The first kappa shape index (κ1) is 9.19. The van der Waals surface area contributed by atoms with Gasteiger partial charge in [-0.05, 0) is 22.9 Å². The molecule has 0 N–H and O–H groups in total. The molecule has 1 aromatic heterocycles. The van der Waals surface area contributed by atoms with E-state index in [1.165, 1.54) is 0 Å². The Morgan fingerprint density at radius 3 is 3.08 bits per heavy atom. The lowest BCUT2D eigenvalue weighted by molar-refractivity contribution is 0.112. The monoisotopic (exact) mass is 229 g/mol. The van der Waals surface area contributed by atoms with E-state index in [-0.39, 0.29) is 0 Å². The number of rotatable bonds is 3. The van der Waals surface area contributed by atoms with E-state index in [2.05, 4.69) is 20.9 Å². The second kappa shape index (κ2) is 4.21. The number of aldehydes is 1. The van der Waals surface area contributed by atoms with Gasteiger partial charge in [-0.15, -0.1) is 0 Å². The highest BCUT2D eigenvalue weighted by Crippen LogP contribution is 2.17. The first-order valence-corrected chi connectivity index (χ1v) is 4.30. The van der Waals surface area contributed by atoms with E-state index in [1.807, 2.05) is 6.92 Å². The van der Waals surface area contributed by atoms with Gasteiger partial charge in [0.25, 0.3) is 0 Å². The number of halogens is 1. The molecule has 4 heteroatoms. The molecule has 0 unspecified atom stereocenters. The van der Waals surface area contributed by atoms with Crippen molar-refractivity contribution in [3.63, 3.8) is 0 Å². The molecular weight excluding hydrogens is 222 g/mol. The van der Waals surface area contributed by atoms with Crippen molar-refractivity contribution in [1.29, 1.82) is 0 Å². The molecule has 3 nitrogen and oxygen atoms in total. The Balaban J connectivity index is 2.96. The zero-order valence-electron chi connectivity index (χ0n) is 6.58. The minimum Gasteiger partial charge on any atom is -0.478 e. The molecule has 0 bridgehead atoms. The largest absolute Gasteiger partial charge is 0.478 e. The van der Waals surface area contributed by atoms with Gasteiger partial charge in [0.15, 0.2) is 6.29 Å². The lowest BCUT2D eigenvalue weighted by Crippen LogP contribution is -1.95. The molecule has 1 heterocycles. The predicted molar refractivity (Wildman–Crippen MR) is 48.5 cm³/mol. The number of carbonyl (C=O) groups is 1. The number of ether oxygens (including phenoxy) is 1. The van der Waals surface area contributed by atoms with Crippen molar-refractivity contribution < 1.29 is 9.53 Å². The molecular formula is C8H8BrNO2. The van der Waals surface area contributed by atoms with Crippen LogP contribution in [0.15, 0.2) is 16.7 Å². The smallest absolute Gasteiger partial charge is 0.213 e. The van der Waals surface area contributed by atoms with Crippen LogP contribution in [0, 0.1) is 0 Å². The first-order valence-electron chi connectivity index (χ1n) is 3.51. The van der Waals surface area contributed by atoms with Crippen molar-refractivity contribution in [2.75, 3.05) is 6.61 Å². The summed E-state index contributed by atoms with van der Waals surface area (Å²) in [5, 5.41) is 0. The second-order valence-corrected chi connectivity index (χ2v) is 2.95. The molecule has 12 heavy (non-hydrogen) atoms. The quantitative estimate of drug-likeness (QED) is 0.746. The average Bonchev–Trinajstić information content (AvgIpc) is 2.09. The van der Waals surface area contributed by atoms with E-state index in [4.69, 9.17) is 4.74 Å². The number of hydrogen-bond donors (Lipinski definition) is 0. The predicted octanol–water partition coefficient (Wildman–Crippen LogP) is 2.06. The van der Waals surface area contributed by atoms with Gasteiger partial charge in [-0.1, -0.05) is 0 Å². The van der Waals surface area contributed by atoms with Crippen molar-refractivity contribution in [3.05, 3.63) is 22.3 Å². The number of aromatic nitrogens is 1. The van der Waals surface area contributed by atoms with Crippen LogP contribution in [0.2, 0.25) is 0 Å². The van der Waals surface area contributed by atoms with Gasteiger partial charge in [-0.3, -0.25) is 4.79 Å². The summed E-state index contributed by atoms with van der Waals surface area (Å²) >= 11 is 3.19. The third kappa shape index (κ3) is 2.04. The van der Waals surface area contributed by atoms with Crippen LogP contribution in [0.4, 0.5) is 0 Å². The zero-order valence-corrected chi connectivity index (χ0v) is 8.17. The lowest BCUT2D eigenvalue weighted by atomic mass is 10.3. The Labute approximate surface area is 78.9 Å². The molecule has 0 spiro atoms. The molecule has 0 aliphatic rings. The topological polar surface area (TPSA) is 39.2 Å². The summed E-state index contributed by atoms with van der Waals surface area (Å²) in [6.45, 7) is 2.41. The molecule has 0 fully saturated rings. The fourth-order valence-electron chi connectivity index (χ4n) is 0.751.